The molecule has 13 rings (SSSR count). The van der Waals surface area contributed by atoms with Gasteiger partial charge in [-0.25, -0.2) is 0 Å². The van der Waals surface area contributed by atoms with Crippen molar-refractivity contribution in [2.75, 3.05) is 0 Å². The van der Waals surface area contributed by atoms with E-state index in [9.17, 15) is 0 Å². The molecule has 0 fully saturated rings. The molecule has 13 aromatic rings. The lowest BCUT2D eigenvalue weighted by Crippen LogP contribution is -1.99. The quantitative estimate of drug-likeness (QED) is 0.121. The number of fused-ring (bicyclic) bond motifs is 2. The normalized spacial score (nSPS) is 11.3. The van der Waals surface area contributed by atoms with Crippen molar-refractivity contribution in [3.05, 3.63) is 291 Å². The van der Waals surface area contributed by atoms with Crippen LogP contribution in [0.1, 0.15) is 0 Å². The van der Waals surface area contributed by atoms with Gasteiger partial charge in [-0.05, 0) is 149 Å². The van der Waals surface area contributed by atoms with Gasteiger partial charge in [0, 0.05) is 11.4 Å². The van der Waals surface area contributed by atoms with E-state index in [-0.39, 0.29) is 0 Å². The van der Waals surface area contributed by atoms with Crippen LogP contribution in [0, 0.1) is 0 Å². The fourth-order valence-electron chi connectivity index (χ4n) is 10.8. The van der Waals surface area contributed by atoms with Gasteiger partial charge in [-0.2, -0.15) is 0 Å². The molecule has 338 valence electrons. The third-order valence-electron chi connectivity index (χ3n) is 14.2. The SMILES string of the molecule is c1ccc(-c2c3ccc(-c4ccc(-n5c(-c6ccccc6)ccc5-c5ccccc5)cc4)cc3c(-c3ccccc3)c3cc(-c4ccc(-n5c(-c6ccccc6)ccc5-c5ccccc5)cc4)ccc23)cc1. The smallest absolute Gasteiger partial charge is 0.0535 e. The van der Waals surface area contributed by atoms with Gasteiger partial charge < -0.3 is 9.13 Å². The minimum Gasteiger partial charge on any atom is -0.309 e. The second-order valence-corrected chi connectivity index (χ2v) is 18.4. The molecule has 0 bridgehead atoms. The third-order valence-corrected chi connectivity index (χ3v) is 14.2. The molecule has 2 nitrogen and oxygen atoms in total. The standard InChI is InChI=1S/C70H48N2/c1-7-19-51(20-8-1)65-43-44-66(52-21-9-2-10-22-52)71(65)59-37-31-49(32-38-59)57-35-41-61-63(47-57)70(56-29-17-6-18-30-56)64-48-58(36-42-62(64)69(61)55-27-15-5-16-28-55)50-33-39-60(40-34-50)72-67(53-23-11-3-12-24-53)45-46-68(72)54-25-13-4-14-26-54/h1-48H. The van der Waals surface area contributed by atoms with Crippen LogP contribution in [0.25, 0.3) is 122 Å². The predicted molar refractivity (Wildman–Crippen MR) is 304 cm³/mol. The van der Waals surface area contributed by atoms with Crippen LogP contribution in [0.5, 0.6) is 0 Å². The van der Waals surface area contributed by atoms with Crippen LogP contribution < -0.4 is 0 Å². The molecule has 72 heavy (non-hydrogen) atoms. The Bertz CT molecular complexity index is 3670. The van der Waals surface area contributed by atoms with E-state index in [4.69, 9.17) is 0 Å². The fourth-order valence-corrected chi connectivity index (χ4v) is 10.8. The van der Waals surface area contributed by atoms with Crippen LogP contribution in [0.4, 0.5) is 0 Å². The highest BCUT2D eigenvalue weighted by atomic mass is 15.0. The van der Waals surface area contributed by atoms with E-state index >= 15 is 0 Å². The number of rotatable bonds is 10. The van der Waals surface area contributed by atoms with Gasteiger partial charge in [0.1, 0.15) is 0 Å². The molecule has 0 N–H and O–H groups in total. The summed E-state index contributed by atoms with van der Waals surface area (Å²) in [6.07, 6.45) is 0. The van der Waals surface area contributed by atoms with Crippen LogP contribution in [0.2, 0.25) is 0 Å². The summed E-state index contributed by atoms with van der Waals surface area (Å²) in [7, 11) is 0. The molecule has 2 heterocycles. The maximum absolute atomic E-state index is 2.42. The monoisotopic (exact) mass is 916 g/mol. The molecule has 0 saturated heterocycles. The Morgan fingerprint density at radius 3 is 0.708 bits per heavy atom. The van der Waals surface area contributed by atoms with Crippen LogP contribution in [0.3, 0.4) is 0 Å². The van der Waals surface area contributed by atoms with Crippen LogP contribution in [0.15, 0.2) is 291 Å². The third kappa shape index (κ3) is 7.73. The number of benzene rings is 11. The van der Waals surface area contributed by atoms with Gasteiger partial charge in [-0.1, -0.05) is 231 Å². The summed E-state index contributed by atoms with van der Waals surface area (Å²) in [5, 5.41) is 4.90. The van der Waals surface area contributed by atoms with Crippen molar-refractivity contribution in [1.82, 2.24) is 9.13 Å². The van der Waals surface area contributed by atoms with E-state index < -0.39 is 0 Å². The van der Waals surface area contributed by atoms with Crippen molar-refractivity contribution >= 4 is 21.5 Å². The van der Waals surface area contributed by atoms with Gasteiger partial charge in [0.2, 0.25) is 0 Å². The van der Waals surface area contributed by atoms with Crippen molar-refractivity contribution in [1.29, 1.82) is 0 Å². The van der Waals surface area contributed by atoms with Gasteiger partial charge in [0.15, 0.2) is 0 Å². The molecule has 0 unspecified atom stereocenters. The molecule has 11 aromatic carbocycles. The summed E-state index contributed by atoms with van der Waals surface area (Å²) < 4.78 is 4.77. The minimum atomic E-state index is 1.12. The van der Waals surface area contributed by atoms with Crippen molar-refractivity contribution in [2.24, 2.45) is 0 Å². The summed E-state index contributed by atoms with van der Waals surface area (Å²) in [5.41, 5.74) is 21.1. The molecule has 0 amide bonds. The second-order valence-electron chi connectivity index (χ2n) is 18.4. The van der Waals surface area contributed by atoms with Crippen molar-refractivity contribution < 1.29 is 0 Å². The summed E-state index contributed by atoms with van der Waals surface area (Å²) in [6, 6.07) is 106. The van der Waals surface area contributed by atoms with E-state index in [2.05, 4.69) is 300 Å². The highest BCUT2D eigenvalue weighted by Crippen LogP contribution is 2.46. The van der Waals surface area contributed by atoms with Crippen molar-refractivity contribution in [3.63, 3.8) is 0 Å². The second kappa shape index (κ2) is 18.4. The van der Waals surface area contributed by atoms with E-state index in [1.54, 1.807) is 0 Å². The lowest BCUT2D eigenvalue weighted by molar-refractivity contribution is 1.09. The Morgan fingerprint density at radius 2 is 0.417 bits per heavy atom. The van der Waals surface area contributed by atoms with Gasteiger partial charge >= 0.3 is 0 Å². The largest absolute Gasteiger partial charge is 0.309 e. The predicted octanol–water partition coefficient (Wildman–Crippen LogP) is 18.9. The first-order chi connectivity index (χ1) is 35.7. The van der Waals surface area contributed by atoms with Gasteiger partial charge in [0.25, 0.3) is 0 Å². The topological polar surface area (TPSA) is 9.86 Å². The number of hydrogen-bond donors (Lipinski definition) is 0. The van der Waals surface area contributed by atoms with Crippen LogP contribution in [-0.4, -0.2) is 9.13 Å². The summed E-state index contributed by atoms with van der Waals surface area (Å²) >= 11 is 0. The number of hydrogen-bond acceptors (Lipinski definition) is 0. The molecule has 0 aliphatic rings. The molecule has 0 saturated carbocycles. The molecule has 0 radical (unpaired) electrons. The summed E-state index contributed by atoms with van der Waals surface area (Å²) in [6.45, 7) is 0. The Morgan fingerprint density at radius 1 is 0.167 bits per heavy atom. The maximum atomic E-state index is 2.42. The molecular formula is C70H48N2. The Hall–Kier alpha value is -9.50. The first-order valence-corrected chi connectivity index (χ1v) is 24.7. The van der Waals surface area contributed by atoms with Crippen molar-refractivity contribution in [2.45, 2.75) is 0 Å². The maximum Gasteiger partial charge on any atom is 0.0535 e. The zero-order chi connectivity index (χ0) is 47.8. The molecule has 0 spiro atoms. The average Bonchev–Trinajstić information content (AvgIpc) is 4.12. The molecule has 0 atom stereocenters. The van der Waals surface area contributed by atoms with E-state index in [1.807, 2.05) is 0 Å². The summed E-state index contributed by atoms with van der Waals surface area (Å²) in [4.78, 5) is 0. The van der Waals surface area contributed by atoms with Crippen molar-refractivity contribution in [3.8, 4) is 101 Å². The molecule has 2 heteroatoms. The summed E-state index contributed by atoms with van der Waals surface area (Å²) in [5.74, 6) is 0. The van der Waals surface area contributed by atoms with E-state index in [0.29, 0.717) is 0 Å². The lowest BCUT2D eigenvalue weighted by atomic mass is 9.84. The first kappa shape index (κ1) is 42.6. The Balaban J connectivity index is 0.959. The van der Waals surface area contributed by atoms with Gasteiger partial charge in [-0.3, -0.25) is 0 Å². The highest BCUT2D eigenvalue weighted by Gasteiger charge is 2.20. The lowest BCUT2D eigenvalue weighted by Gasteiger charge is -2.20. The highest BCUT2D eigenvalue weighted by molar-refractivity contribution is 6.22. The molecule has 0 aliphatic heterocycles. The van der Waals surface area contributed by atoms with Gasteiger partial charge in [0.05, 0.1) is 22.8 Å². The molecule has 2 aromatic heterocycles. The van der Waals surface area contributed by atoms with E-state index in [1.165, 1.54) is 77.2 Å². The average molecular weight is 917 g/mol. The first-order valence-electron chi connectivity index (χ1n) is 24.7. The molecule has 0 aliphatic carbocycles. The van der Waals surface area contributed by atoms with Crippen LogP contribution >= 0.6 is 0 Å². The Labute approximate surface area is 420 Å². The van der Waals surface area contributed by atoms with Crippen LogP contribution in [-0.2, 0) is 0 Å². The van der Waals surface area contributed by atoms with E-state index in [0.717, 1.165) is 45.3 Å². The van der Waals surface area contributed by atoms with Gasteiger partial charge in [-0.15, -0.1) is 0 Å². The number of aromatic nitrogens is 2. The number of nitrogens with zero attached hydrogens (tertiary/aromatic N) is 2. The zero-order valence-electron chi connectivity index (χ0n) is 39.6. The fraction of sp³-hybridized carbons (Fsp3) is 0. The molecular weight excluding hydrogens is 869 g/mol. The zero-order valence-corrected chi connectivity index (χ0v) is 39.6. The minimum absolute atomic E-state index is 1.12. The Kier molecular flexibility index (Phi) is 10.9.